The Kier molecular flexibility index (Phi) is 7.07. The van der Waals surface area contributed by atoms with E-state index in [2.05, 4.69) is 27.9 Å². The van der Waals surface area contributed by atoms with Crippen LogP contribution in [0.2, 0.25) is 0 Å². The molecule has 0 atom stereocenters. The van der Waals surface area contributed by atoms with Gasteiger partial charge >= 0.3 is 6.03 Å². The summed E-state index contributed by atoms with van der Waals surface area (Å²) in [5, 5.41) is 10.8. The van der Waals surface area contributed by atoms with Crippen LogP contribution >= 0.6 is 0 Å². The first-order valence-corrected chi connectivity index (χ1v) is 11.5. The molecular formula is C26H31N5O2. The maximum Gasteiger partial charge on any atom is 0.317 e. The summed E-state index contributed by atoms with van der Waals surface area (Å²) in [4.78, 5) is 26.9. The minimum Gasteiger partial charge on any atom is -0.349 e. The minimum atomic E-state index is -0.0718. The van der Waals surface area contributed by atoms with Gasteiger partial charge in [-0.2, -0.15) is 5.10 Å². The van der Waals surface area contributed by atoms with Gasteiger partial charge in [-0.15, -0.1) is 0 Å². The van der Waals surface area contributed by atoms with Gasteiger partial charge in [-0.3, -0.25) is 9.48 Å². The number of rotatable bonds is 6. The van der Waals surface area contributed by atoms with E-state index in [1.807, 2.05) is 72.0 Å². The molecule has 0 unspecified atom stereocenters. The van der Waals surface area contributed by atoms with E-state index in [0.717, 1.165) is 29.8 Å². The fraction of sp³-hybridized carbons (Fsp3) is 0.346. The Morgan fingerprint density at radius 3 is 2.27 bits per heavy atom. The first kappa shape index (κ1) is 22.6. The van der Waals surface area contributed by atoms with Gasteiger partial charge in [-0.05, 0) is 44.4 Å². The summed E-state index contributed by atoms with van der Waals surface area (Å²) < 4.78 is 1.99. The van der Waals surface area contributed by atoms with Crippen molar-refractivity contribution in [3.8, 4) is 0 Å². The van der Waals surface area contributed by atoms with Crippen LogP contribution in [0.25, 0.3) is 0 Å². The lowest BCUT2D eigenvalue weighted by Gasteiger charge is -2.32. The third kappa shape index (κ3) is 5.61. The molecule has 0 bridgehead atoms. The van der Waals surface area contributed by atoms with Gasteiger partial charge in [-0.1, -0.05) is 48.5 Å². The number of likely N-dealkylation sites (tertiary alicyclic amines) is 1. The van der Waals surface area contributed by atoms with Gasteiger partial charge < -0.3 is 15.5 Å². The van der Waals surface area contributed by atoms with Crippen molar-refractivity contribution in [2.45, 2.75) is 45.8 Å². The van der Waals surface area contributed by atoms with Crippen LogP contribution in [0.3, 0.4) is 0 Å². The Morgan fingerprint density at radius 1 is 0.970 bits per heavy atom. The van der Waals surface area contributed by atoms with Gasteiger partial charge in [0.2, 0.25) is 0 Å². The van der Waals surface area contributed by atoms with Crippen molar-refractivity contribution in [1.82, 2.24) is 25.3 Å². The average molecular weight is 446 g/mol. The molecule has 2 N–H and O–H groups in total. The van der Waals surface area contributed by atoms with Crippen LogP contribution < -0.4 is 10.6 Å². The van der Waals surface area contributed by atoms with Gasteiger partial charge in [0.05, 0.1) is 12.2 Å². The second kappa shape index (κ2) is 10.3. The van der Waals surface area contributed by atoms with E-state index >= 15 is 0 Å². The van der Waals surface area contributed by atoms with Crippen molar-refractivity contribution in [2.75, 3.05) is 13.1 Å². The Bertz CT molecular complexity index is 1090. The smallest absolute Gasteiger partial charge is 0.317 e. The van der Waals surface area contributed by atoms with E-state index in [0.29, 0.717) is 31.7 Å². The van der Waals surface area contributed by atoms with Crippen molar-refractivity contribution >= 4 is 11.9 Å². The number of carbonyl (C=O) groups is 2. The molecule has 3 amide bonds. The molecule has 0 aliphatic carbocycles. The fourth-order valence-electron chi connectivity index (χ4n) is 4.26. The molecule has 7 nitrogen and oxygen atoms in total. The quantitative estimate of drug-likeness (QED) is 0.608. The van der Waals surface area contributed by atoms with Crippen LogP contribution in [-0.2, 0) is 13.1 Å². The lowest BCUT2D eigenvalue weighted by molar-refractivity contribution is 0.0918. The standard InChI is InChI=1S/C26H31N5O2/c1-19-24(20(2)31(29-19)18-21-9-5-3-6-10-21)17-27-26(33)30-15-13-23(14-16-30)28-25(32)22-11-7-4-8-12-22/h3-12,23H,13-18H2,1-2H3,(H,27,33)(H,28,32). The number of urea groups is 1. The SMILES string of the molecule is Cc1nn(Cc2ccccc2)c(C)c1CNC(=O)N1CCC(NC(=O)c2ccccc2)CC1. The highest BCUT2D eigenvalue weighted by atomic mass is 16.2. The van der Waals surface area contributed by atoms with E-state index in [4.69, 9.17) is 0 Å². The number of aromatic nitrogens is 2. The zero-order chi connectivity index (χ0) is 23.2. The number of piperidine rings is 1. The Labute approximate surface area is 194 Å². The predicted molar refractivity (Wildman–Crippen MR) is 128 cm³/mol. The summed E-state index contributed by atoms with van der Waals surface area (Å²) >= 11 is 0. The van der Waals surface area contributed by atoms with E-state index in [9.17, 15) is 9.59 Å². The lowest BCUT2D eigenvalue weighted by atomic mass is 10.0. The second-order valence-electron chi connectivity index (χ2n) is 8.55. The molecule has 2 aromatic carbocycles. The summed E-state index contributed by atoms with van der Waals surface area (Å²) in [5.41, 5.74) is 4.92. The number of nitrogens with zero attached hydrogens (tertiary/aromatic N) is 3. The second-order valence-corrected chi connectivity index (χ2v) is 8.55. The van der Waals surface area contributed by atoms with Crippen molar-refractivity contribution in [2.24, 2.45) is 0 Å². The molecule has 0 saturated carbocycles. The monoisotopic (exact) mass is 445 g/mol. The molecule has 172 valence electrons. The molecule has 1 aromatic heterocycles. The summed E-state index contributed by atoms with van der Waals surface area (Å²) in [7, 11) is 0. The van der Waals surface area contributed by atoms with Crippen LogP contribution in [-0.4, -0.2) is 45.8 Å². The van der Waals surface area contributed by atoms with Gasteiger partial charge in [0, 0.05) is 42.5 Å². The van der Waals surface area contributed by atoms with Crippen LogP contribution in [0.15, 0.2) is 60.7 Å². The third-order valence-electron chi connectivity index (χ3n) is 6.28. The summed E-state index contributed by atoms with van der Waals surface area (Å²) in [6, 6.07) is 19.5. The van der Waals surface area contributed by atoms with Crippen molar-refractivity contribution < 1.29 is 9.59 Å². The first-order valence-electron chi connectivity index (χ1n) is 11.5. The zero-order valence-corrected chi connectivity index (χ0v) is 19.3. The van der Waals surface area contributed by atoms with E-state index in [1.54, 1.807) is 0 Å². The maximum atomic E-state index is 12.7. The topological polar surface area (TPSA) is 79.3 Å². The van der Waals surface area contributed by atoms with Crippen molar-refractivity contribution in [3.63, 3.8) is 0 Å². The summed E-state index contributed by atoms with van der Waals surface area (Å²) in [6.07, 6.45) is 1.50. The number of carbonyl (C=O) groups excluding carboxylic acids is 2. The zero-order valence-electron chi connectivity index (χ0n) is 19.3. The van der Waals surface area contributed by atoms with Crippen LogP contribution in [0.4, 0.5) is 4.79 Å². The number of benzene rings is 2. The van der Waals surface area contributed by atoms with Gasteiger partial charge in [0.15, 0.2) is 0 Å². The Balaban J connectivity index is 1.26. The van der Waals surface area contributed by atoms with E-state index in [-0.39, 0.29) is 18.0 Å². The molecule has 1 aliphatic heterocycles. The first-order chi connectivity index (χ1) is 16.0. The van der Waals surface area contributed by atoms with Gasteiger partial charge in [0.1, 0.15) is 0 Å². The number of hydrogen-bond donors (Lipinski definition) is 2. The predicted octanol–water partition coefficient (Wildman–Crippen LogP) is 3.65. The van der Waals surface area contributed by atoms with E-state index < -0.39 is 0 Å². The third-order valence-corrected chi connectivity index (χ3v) is 6.28. The maximum absolute atomic E-state index is 12.7. The molecule has 7 heteroatoms. The summed E-state index contributed by atoms with van der Waals surface area (Å²) in [6.45, 7) is 6.44. The average Bonchev–Trinajstić information content (AvgIpc) is 3.11. The molecule has 1 aliphatic rings. The van der Waals surface area contributed by atoms with E-state index in [1.165, 1.54) is 5.56 Å². The van der Waals surface area contributed by atoms with Crippen LogP contribution in [0.5, 0.6) is 0 Å². The molecule has 0 spiro atoms. The van der Waals surface area contributed by atoms with Crippen molar-refractivity contribution in [1.29, 1.82) is 0 Å². The number of amides is 3. The normalized spacial score (nSPS) is 14.2. The highest BCUT2D eigenvalue weighted by molar-refractivity contribution is 5.94. The van der Waals surface area contributed by atoms with Crippen LogP contribution in [0, 0.1) is 13.8 Å². The van der Waals surface area contributed by atoms with Gasteiger partial charge in [0.25, 0.3) is 5.91 Å². The molecule has 33 heavy (non-hydrogen) atoms. The molecule has 1 fully saturated rings. The van der Waals surface area contributed by atoms with Crippen LogP contribution in [0.1, 0.15) is 45.7 Å². The summed E-state index contributed by atoms with van der Waals surface area (Å²) in [5.74, 6) is -0.0584. The molecule has 2 heterocycles. The Morgan fingerprint density at radius 2 is 1.61 bits per heavy atom. The molecule has 0 radical (unpaired) electrons. The molecule has 4 rings (SSSR count). The number of nitrogens with one attached hydrogen (secondary N) is 2. The fourth-order valence-corrected chi connectivity index (χ4v) is 4.26. The minimum absolute atomic E-state index is 0.0584. The Hall–Kier alpha value is -3.61. The highest BCUT2D eigenvalue weighted by Crippen LogP contribution is 2.16. The number of hydrogen-bond acceptors (Lipinski definition) is 3. The molecular weight excluding hydrogens is 414 g/mol. The van der Waals surface area contributed by atoms with Gasteiger partial charge in [-0.25, -0.2) is 4.79 Å². The highest BCUT2D eigenvalue weighted by Gasteiger charge is 2.24. The number of aryl methyl sites for hydroxylation is 1. The largest absolute Gasteiger partial charge is 0.349 e. The lowest BCUT2D eigenvalue weighted by Crippen LogP contribution is -2.49. The molecule has 3 aromatic rings. The molecule has 1 saturated heterocycles. The van der Waals surface area contributed by atoms with Crippen molar-refractivity contribution in [3.05, 3.63) is 88.7 Å².